The van der Waals surface area contributed by atoms with Crippen molar-refractivity contribution in [3.63, 3.8) is 0 Å². The highest BCUT2D eigenvalue weighted by atomic mass is 15.2. The van der Waals surface area contributed by atoms with Gasteiger partial charge < -0.3 is 9.47 Å². The van der Waals surface area contributed by atoms with Crippen LogP contribution in [0.5, 0.6) is 0 Å². The smallest absolute Gasteiger partial charge is 0.128 e. The van der Waals surface area contributed by atoms with Crippen molar-refractivity contribution in [3.8, 4) is 6.07 Å². The Balaban J connectivity index is 1.39. The molecule has 2 aromatic rings. The molecule has 3 heterocycles. The molecule has 0 unspecified atom stereocenters. The van der Waals surface area contributed by atoms with Gasteiger partial charge in [-0.3, -0.25) is 0 Å². The summed E-state index contributed by atoms with van der Waals surface area (Å²) in [6.45, 7) is 3.15. The van der Waals surface area contributed by atoms with E-state index in [1.165, 1.54) is 25.1 Å². The van der Waals surface area contributed by atoms with E-state index < -0.39 is 0 Å². The number of nitriles is 1. The molecule has 0 amide bonds. The van der Waals surface area contributed by atoms with Gasteiger partial charge in [0.1, 0.15) is 17.7 Å². The van der Waals surface area contributed by atoms with Crippen molar-refractivity contribution in [2.75, 3.05) is 18.0 Å². The lowest BCUT2D eigenvalue weighted by Gasteiger charge is -2.33. The Labute approximate surface area is 143 Å². The van der Waals surface area contributed by atoms with Gasteiger partial charge in [-0.05, 0) is 43.7 Å². The Kier molecular flexibility index (Phi) is 4.20. The lowest BCUT2D eigenvalue weighted by Crippen LogP contribution is -2.34. The molecule has 0 spiro atoms. The second-order valence-corrected chi connectivity index (χ2v) is 7.01. The van der Waals surface area contributed by atoms with E-state index in [-0.39, 0.29) is 0 Å². The first kappa shape index (κ1) is 15.2. The summed E-state index contributed by atoms with van der Waals surface area (Å²) in [4.78, 5) is 11.4. The van der Waals surface area contributed by atoms with E-state index in [1.807, 2.05) is 18.3 Å². The highest BCUT2D eigenvalue weighted by molar-refractivity contribution is 5.42. The maximum atomic E-state index is 8.88. The third-order valence-corrected chi connectivity index (χ3v) is 5.49. The zero-order chi connectivity index (χ0) is 16.4. The van der Waals surface area contributed by atoms with E-state index in [0.717, 1.165) is 44.2 Å². The molecule has 24 heavy (non-hydrogen) atoms. The van der Waals surface area contributed by atoms with Crippen LogP contribution in [0.15, 0.2) is 30.7 Å². The van der Waals surface area contributed by atoms with Crippen molar-refractivity contribution in [1.29, 1.82) is 5.26 Å². The van der Waals surface area contributed by atoms with Crippen molar-refractivity contribution < 1.29 is 0 Å². The van der Waals surface area contributed by atoms with Gasteiger partial charge in [-0.2, -0.15) is 5.26 Å². The second-order valence-electron chi connectivity index (χ2n) is 7.01. The Bertz CT molecular complexity index is 715. The lowest BCUT2D eigenvalue weighted by atomic mass is 9.85. The van der Waals surface area contributed by atoms with E-state index in [2.05, 4.69) is 31.7 Å². The number of pyridine rings is 1. The summed E-state index contributed by atoms with van der Waals surface area (Å²) in [6.07, 6.45) is 12.1. The SMILES string of the molecule is N#Cc1ccc(N2CCC(c3nccn3CC3CCC3)CC2)nc1. The summed E-state index contributed by atoms with van der Waals surface area (Å²) in [6, 6.07) is 5.92. The number of imidazole rings is 1. The molecule has 2 aliphatic rings. The minimum absolute atomic E-state index is 0.551. The van der Waals surface area contributed by atoms with Crippen LogP contribution in [0.3, 0.4) is 0 Å². The topological polar surface area (TPSA) is 57.7 Å². The van der Waals surface area contributed by atoms with E-state index in [4.69, 9.17) is 5.26 Å². The van der Waals surface area contributed by atoms with Crippen LogP contribution >= 0.6 is 0 Å². The van der Waals surface area contributed by atoms with E-state index in [0.29, 0.717) is 11.5 Å². The predicted molar refractivity (Wildman–Crippen MR) is 92.7 cm³/mol. The van der Waals surface area contributed by atoms with Crippen molar-refractivity contribution in [2.45, 2.75) is 44.6 Å². The summed E-state index contributed by atoms with van der Waals surface area (Å²) in [7, 11) is 0. The first-order valence-corrected chi connectivity index (χ1v) is 8.95. The fourth-order valence-electron chi connectivity index (χ4n) is 3.79. The van der Waals surface area contributed by atoms with Crippen LogP contribution in [-0.2, 0) is 6.54 Å². The van der Waals surface area contributed by atoms with Crippen molar-refractivity contribution in [2.24, 2.45) is 5.92 Å². The quantitative estimate of drug-likeness (QED) is 0.866. The summed E-state index contributed by atoms with van der Waals surface area (Å²) >= 11 is 0. The summed E-state index contributed by atoms with van der Waals surface area (Å²) in [5, 5.41) is 8.88. The van der Waals surface area contributed by atoms with Crippen LogP contribution in [0, 0.1) is 17.2 Å². The van der Waals surface area contributed by atoms with Crippen LogP contribution in [0.1, 0.15) is 49.4 Å². The molecule has 1 aliphatic carbocycles. The molecule has 0 radical (unpaired) electrons. The molecule has 2 aromatic heterocycles. The predicted octanol–water partition coefficient (Wildman–Crippen LogP) is 3.33. The summed E-state index contributed by atoms with van der Waals surface area (Å²) in [5.41, 5.74) is 0.617. The maximum Gasteiger partial charge on any atom is 0.128 e. The zero-order valence-corrected chi connectivity index (χ0v) is 13.9. The molecule has 5 nitrogen and oxygen atoms in total. The third-order valence-electron chi connectivity index (χ3n) is 5.49. The van der Waals surface area contributed by atoms with Crippen LogP contribution < -0.4 is 4.90 Å². The fraction of sp³-hybridized carbons (Fsp3) is 0.526. The van der Waals surface area contributed by atoms with Crippen molar-refractivity contribution in [3.05, 3.63) is 42.1 Å². The molecule has 1 saturated carbocycles. The number of aromatic nitrogens is 3. The molecule has 0 bridgehead atoms. The van der Waals surface area contributed by atoms with Gasteiger partial charge in [0.05, 0.1) is 5.56 Å². The zero-order valence-electron chi connectivity index (χ0n) is 13.9. The highest BCUT2D eigenvalue weighted by Gasteiger charge is 2.26. The molecule has 0 atom stereocenters. The first-order chi connectivity index (χ1) is 11.8. The molecule has 124 valence electrons. The normalized spacial score (nSPS) is 19.0. The van der Waals surface area contributed by atoms with Crippen LogP contribution in [-0.4, -0.2) is 27.6 Å². The molecule has 1 aliphatic heterocycles. The minimum Gasteiger partial charge on any atom is -0.357 e. The molecule has 2 fully saturated rings. The largest absolute Gasteiger partial charge is 0.357 e. The van der Waals surface area contributed by atoms with Crippen molar-refractivity contribution >= 4 is 5.82 Å². The van der Waals surface area contributed by atoms with E-state index in [9.17, 15) is 0 Å². The van der Waals surface area contributed by atoms with Crippen molar-refractivity contribution in [1.82, 2.24) is 14.5 Å². The second kappa shape index (κ2) is 6.64. The van der Waals surface area contributed by atoms with Gasteiger partial charge in [0.15, 0.2) is 0 Å². The first-order valence-electron chi connectivity index (χ1n) is 8.95. The average molecular weight is 321 g/mol. The van der Waals surface area contributed by atoms with Gasteiger partial charge in [0, 0.05) is 44.1 Å². The van der Waals surface area contributed by atoms with Gasteiger partial charge in [-0.1, -0.05) is 6.42 Å². The van der Waals surface area contributed by atoms with Gasteiger partial charge in [0.2, 0.25) is 0 Å². The van der Waals surface area contributed by atoms with Crippen LogP contribution in [0.2, 0.25) is 0 Å². The fourth-order valence-corrected chi connectivity index (χ4v) is 3.79. The molecule has 1 saturated heterocycles. The lowest BCUT2D eigenvalue weighted by molar-refractivity contribution is 0.270. The number of nitrogens with zero attached hydrogens (tertiary/aromatic N) is 5. The number of piperidine rings is 1. The van der Waals surface area contributed by atoms with Gasteiger partial charge in [0.25, 0.3) is 0 Å². The minimum atomic E-state index is 0.551. The van der Waals surface area contributed by atoms with Gasteiger partial charge in [-0.25, -0.2) is 9.97 Å². The Morgan fingerprint density at radius 1 is 1.12 bits per heavy atom. The third kappa shape index (κ3) is 3.01. The standard InChI is InChI=1S/C19H23N5/c20-12-16-4-5-18(22-13-16)23-9-6-17(7-10-23)19-21-8-11-24(19)14-15-2-1-3-15/h4-5,8,11,13,15,17H,1-3,6-7,9-10,14H2. The molecule has 0 N–H and O–H groups in total. The summed E-state index contributed by atoms with van der Waals surface area (Å²) in [5.74, 6) is 3.66. The monoisotopic (exact) mass is 321 g/mol. The Morgan fingerprint density at radius 3 is 2.58 bits per heavy atom. The molecule has 4 rings (SSSR count). The Hall–Kier alpha value is -2.35. The highest BCUT2D eigenvalue weighted by Crippen LogP contribution is 2.32. The van der Waals surface area contributed by atoms with Gasteiger partial charge in [-0.15, -0.1) is 0 Å². The maximum absolute atomic E-state index is 8.88. The Morgan fingerprint density at radius 2 is 1.96 bits per heavy atom. The van der Waals surface area contributed by atoms with Gasteiger partial charge >= 0.3 is 0 Å². The van der Waals surface area contributed by atoms with Crippen LogP contribution in [0.4, 0.5) is 5.82 Å². The molecule has 5 heteroatoms. The number of hydrogen-bond acceptors (Lipinski definition) is 4. The van der Waals surface area contributed by atoms with E-state index in [1.54, 1.807) is 6.20 Å². The van der Waals surface area contributed by atoms with Crippen LogP contribution in [0.25, 0.3) is 0 Å². The molecule has 0 aromatic carbocycles. The number of anilines is 1. The van der Waals surface area contributed by atoms with E-state index >= 15 is 0 Å². The number of hydrogen-bond donors (Lipinski definition) is 0. The molecular weight excluding hydrogens is 298 g/mol. The molecular formula is C19H23N5. The average Bonchev–Trinajstić information content (AvgIpc) is 3.07. The summed E-state index contributed by atoms with van der Waals surface area (Å²) < 4.78 is 2.39. The number of rotatable bonds is 4.